The number of aromatic amines is 1. The van der Waals surface area contributed by atoms with Crippen molar-refractivity contribution in [3.05, 3.63) is 58.4 Å². The van der Waals surface area contributed by atoms with Gasteiger partial charge in [0.15, 0.2) is 0 Å². The maximum atomic E-state index is 12.1. The molecule has 5 heteroatoms. The van der Waals surface area contributed by atoms with Gasteiger partial charge in [-0.1, -0.05) is 37.3 Å². The lowest BCUT2D eigenvalue weighted by molar-refractivity contribution is 0.0915. The zero-order chi connectivity index (χ0) is 16.1. The topological polar surface area (TPSA) is 82.2 Å². The van der Waals surface area contributed by atoms with Gasteiger partial charge in [0.1, 0.15) is 5.56 Å². The maximum absolute atomic E-state index is 12.1. The van der Waals surface area contributed by atoms with Crippen LogP contribution in [0, 0.1) is 5.92 Å². The minimum atomic E-state index is -0.436. The van der Waals surface area contributed by atoms with Crippen molar-refractivity contribution >= 4 is 5.91 Å². The van der Waals surface area contributed by atoms with Crippen LogP contribution in [0.25, 0.3) is 11.3 Å². The predicted molar refractivity (Wildman–Crippen MR) is 85.7 cm³/mol. The summed E-state index contributed by atoms with van der Waals surface area (Å²) in [6.07, 6.45) is 0. The lowest BCUT2D eigenvalue weighted by atomic mass is 10.0. The van der Waals surface area contributed by atoms with E-state index >= 15 is 0 Å². The Morgan fingerprint density at radius 1 is 1.18 bits per heavy atom. The molecule has 2 unspecified atom stereocenters. The van der Waals surface area contributed by atoms with E-state index in [0.717, 1.165) is 5.56 Å². The molecule has 1 heterocycles. The Labute approximate surface area is 129 Å². The predicted octanol–water partition coefficient (Wildman–Crippen LogP) is 1.79. The molecule has 0 fully saturated rings. The molecule has 22 heavy (non-hydrogen) atoms. The van der Waals surface area contributed by atoms with Crippen molar-refractivity contribution in [3.63, 3.8) is 0 Å². The van der Waals surface area contributed by atoms with Crippen molar-refractivity contribution < 1.29 is 9.90 Å². The van der Waals surface area contributed by atoms with Gasteiger partial charge in [-0.2, -0.15) is 0 Å². The number of amides is 1. The molecule has 0 spiro atoms. The number of hydrogen-bond donors (Lipinski definition) is 3. The van der Waals surface area contributed by atoms with E-state index in [4.69, 9.17) is 5.11 Å². The van der Waals surface area contributed by atoms with E-state index in [1.807, 2.05) is 37.3 Å². The van der Waals surface area contributed by atoms with Crippen LogP contribution in [0.4, 0.5) is 0 Å². The smallest absolute Gasteiger partial charge is 0.261 e. The molecule has 2 rings (SSSR count). The van der Waals surface area contributed by atoms with Crippen LogP contribution in [0.5, 0.6) is 0 Å². The fourth-order valence-electron chi connectivity index (χ4n) is 2.02. The molecule has 2 aromatic rings. The number of benzene rings is 1. The SMILES string of the molecule is CC(CO)C(C)NC(=O)c1ccc(-c2ccccc2)[nH]c1=O. The van der Waals surface area contributed by atoms with Crippen molar-refractivity contribution in [2.24, 2.45) is 5.92 Å². The van der Waals surface area contributed by atoms with Crippen molar-refractivity contribution in [1.82, 2.24) is 10.3 Å². The van der Waals surface area contributed by atoms with Crippen molar-refractivity contribution in [1.29, 1.82) is 0 Å². The second kappa shape index (κ2) is 7.04. The number of rotatable bonds is 5. The highest BCUT2D eigenvalue weighted by Gasteiger charge is 2.17. The average Bonchev–Trinajstić information content (AvgIpc) is 2.54. The summed E-state index contributed by atoms with van der Waals surface area (Å²) in [5.41, 5.74) is 1.19. The van der Waals surface area contributed by atoms with Crippen LogP contribution >= 0.6 is 0 Å². The van der Waals surface area contributed by atoms with Gasteiger partial charge in [-0.15, -0.1) is 0 Å². The number of nitrogens with one attached hydrogen (secondary N) is 2. The molecule has 116 valence electrons. The summed E-state index contributed by atoms with van der Waals surface area (Å²) in [6, 6.07) is 12.4. The first kappa shape index (κ1) is 16.0. The fraction of sp³-hybridized carbons (Fsp3) is 0.294. The molecule has 2 atom stereocenters. The Morgan fingerprint density at radius 2 is 1.86 bits per heavy atom. The number of carbonyl (C=O) groups excluding carboxylic acids is 1. The summed E-state index contributed by atoms with van der Waals surface area (Å²) in [5, 5.41) is 11.8. The Kier molecular flexibility index (Phi) is 5.12. The maximum Gasteiger partial charge on any atom is 0.261 e. The van der Waals surface area contributed by atoms with Crippen LogP contribution in [0.2, 0.25) is 0 Å². The largest absolute Gasteiger partial charge is 0.396 e. The van der Waals surface area contributed by atoms with Gasteiger partial charge < -0.3 is 15.4 Å². The standard InChI is InChI=1S/C17H20N2O3/c1-11(10-20)12(2)18-16(21)14-8-9-15(19-17(14)22)13-6-4-3-5-7-13/h3-9,11-12,20H,10H2,1-2H3,(H,18,21)(H,19,22). The molecule has 1 aromatic heterocycles. The van der Waals surface area contributed by atoms with E-state index in [2.05, 4.69) is 10.3 Å². The first-order valence-electron chi connectivity index (χ1n) is 7.23. The molecular weight excluding hydrogens is 280 g/mol. The Morgan fingerprint density at radius 3 is 2.45 bits per heavy atom. The molecule has 0 aliphatic heterocycles. The van der Waals surface area contributed by atoms with Gasteiger partial charge in [0.25, 0.3) is 11.5 Å². The first-order valence-corrected chi connectivity index (χ1v) is 7.23. The lowest BCUT2D eigenvalue weighted by Crippen LogP contribution is -2.40. The van der Waals surface area contributed by atoms with Gasteiger partial charge >= 0.3 is 0 Å². The molecule has 0 aliphatic rings. The molecule has 1 aromatic carbocycles. The third kappa shape index (κ3) is 3.62. The van der Waals surface area contributed by atoms with Gasteiger partial charge in [0.05, 0.1) is 0 Å². The van der Waals surface area contributed by atoms with Crippen LogP contribution in [-0.2, 0) is 0 Å². The van der Waals surface area contributed by atoms with Crippen LogP contribution < -0.4 is 10.9 Å². The zero-order valence-corrected chi connectivity index (χ0v) is 12.7. The minimum Gasteiger partial charge on any atom is -0.396 e. The number of hydrogen-bond acceptors (Lipinski definition) is 3. The Bertz CT molecular complexity index is 695. The quantitative estimate of drug-likeness (QED) is 0.787. The number of carbonyl (C=O) groups is 1. The number of pyridine rings is 1. The molecule has 5 nitrogen and oxygen atoms in total. The van der Waals surface area contributed by atoms with E-state index in [9.17, 15) is 9.59 Å². The Hall–Kier alpha value is -2.40. The van der Waals surface area contributed by atoms with E-state index in [-0.39, 0.29) is 24.1 Å². The van der Waals surface area contributed by atoms with E-state index in [1.54, 1.807) is 13.0 Å². The van der Waals surface area contributed by atoms with E-state index in [0.29, 0.717) is 5.69 Å². The molecule has 0 bridgehead atoms. The second-order valence-electron chi connectivity index (χ2n) is 5.40. The van der Waals surface area contributed by atoms with Crippen LogP contribution in [0.1, 0.15) is 24.2 Å². The number of aliphatic hydroxyl groups excluding tert-OH is 1. The molecule has 0 aliphatic carbocycles. The van der Waals surface area contributed by atoms with Gasteiger partial charge in [0.2, 0.25) is 0 Å². The summed E-state index contributed by atoms with van der Waals surface area (Å²) in [6.45, 7) is 3.60. The van der Waals surface area contributed by atoms with Gasteiger partial charge in [-0.05, 0) is 30.5 Å². The van der Waals surface area contributed by atoms with E-state index < -0.39 is 11.5 Å². The van der Waals surface area contributed by atoms with Crippen LogP contribution in [0.15, 0.2) is 47.3 Å². The van der Waals surface area contributed by atoms with Crippen LogP contribution in [0.3, 0.4) is 0 Å². The highest BCUT2D eigenvalue weighted by molar-refractivity contribution is 5.94. The van der Waals surface area contributed by atoms with Crippen molar-refractivity contribution in [3.8, 4) is 11.3 Å². The second-order valence-corrected chi connectivity index (χ2v) is 5.40. The lowest BCUT2D eigenvalue weighted by Gasteiger charge is -2.19. The molecule has 0 radical (unpaired) electrons. The normalized spacial score (nSPS) is 13.4. The Balaban J connectivity index is 2.20. The summed E-state index contributed by atoms with van der Waals surface area (Å²) in [4.78, 5) is 27.0. The monoisotopic (exact) mass is 300 g/mol. The van der Waals surface area contributed by atoms with Crippen molar-refractivity contribution in [2.45, 2.75) is 19.9 Å². The number of H-pyrrole nitrogens is 1. The average molecular weight is 300 g/mol. The van der Waals surface area contributed by atoms with Gasteiger partial charge in [-0.3, -0.25) is 9.59 Å². The zero-order valence-electron chi connectivity index (χ0n) is 12.7. The van der Waals surface area contributed by atoms with E-state index in [1.165, 1.54) is 6.07 Å². The summed E-state index contributed by atoms with van der Waals surface area (Å²) < 4.78 is 0. The third-order valence-electron chi connectivity index (χ3n) is 3.74. The highest BCUT2D eigenvalue weighted by Crippen LogP contribution is 2.14. The summed E-state index contributed by atoms with van der Waals surface area (Å²) in [7, 11) is 0. The fourth-order valence-corrected chi connectivity index (χ4v) is 2.02. The van der Waals surface area contributed by atoms with Gasteiger partial charge in [0, 0.05) is 18.3 Å². The third-order valence-corrected chi connectivity index (χ3v) is 3.74. The molecular formula is C17H20N2O3. The number of aromatic nitrogens is 1. The molecule has 0 saturated heterocycles. The van der Waals surface area contributed by atoms with Crippen LogP contribution in [-0.4, -0.2) is 28.6 Å². The highest BCUT2D eigenvalue weighted by atomic mass is 16.3. The molecule has 0 saturated carbocycles. The van der Waals surface area contributed by atoms with Crippen molar-refractivity contribution in [2.75, 3.05) is 6.61 Å². The first-order chi connectivity index (χ1) is 10.5. The molecule has 1 amide bonds. The molecule has 3 N–H and O–H groups in total. The number of aliphatic hydroxyl groups is 1. The summed E-state index contributed by atoms with van der Waals surface area (Å²) in [5.74, 6) is -0.514. The summed E-state index contributed by atoms with van der Waals surface area (Å²) >= 11 is 0. The minimum absolute atomic E-state index is 0.0231. The van der Waals surface area contributed by atoms with Gasteiger partial charge in [-0.25, -0.2) is 0 Å².